The van der Waals surface area contributed by atoms with E-state index < -0.39 is 10.8 Å². The maximum absolute atomic E-state index is 12.0. The Labute approximate surface area is 114 Å². The standard InChI is InChI=1S/C12H13ClN2O4/c1-12(6-19-7-12)5-14-11(16)8-3-2-4-9(10(8)13)15(17)18/h2-4H,5-7H2,1H3,(H,14,16). The van der Waals surface area contributed by atoms with Crippen molar-refractivity contribution < 1.29 is 14.5 Å². The second-order valence-corrected chi connectivity index (χ2v) is 5.26. The lowest BCUT2D eigenvalue weighted by Gasteiger charge is -2.38. The maximum Gasteiger partial charge on any atom is 0.288 e. The molecule has 1 aromatic carbocycles. The fourth-order valence-electron chi connectivity index (χ4n) is 1.78. The number of hydrogen-bond acceptors (Lipinski definition) is 4. The molecule has 7 heteroatoms. The Hall–Kier alpha value is -1.66. The molecule has 1 fully saturated rings. The highest BCUT2D eigenvalue weighted by atomic mass is 35.5. The van der Waals surface area contributed by atoms with Gasteiger partial charge in [0.1, 0.15) is 5.02 Å². The minimum Gasteiger partial charge on any atom is -0.380 e. The summed E-state index contributed by atoms with van der Waals surface area (Å²) in [5.41, 5.74) is -0.227. The number of nitro benzene ring substituents is 1. The van der Waals surface area contributed by atoms with Crippen molar-refractivity contribution in [2.45, 2.75) is 6.92 Å². The number of rotatable bonds is 4. The fraction of sp³-hybridized carbons (Fsp3) is 0.417. The van der Waals surface area contributed by atoms with Crippen molar-refractivity contribution in [1.29, 1.82) is 0 Å². The van der Waals surface area contributed by atoms with E-state index in [4.69, 9.17) is 16.3 Å². The summed E-state index contributed by atoms with van der Waals surface area (Å²) in [4.78, 5) is 22.1. The van der Waals surface area contributed by atoms with Gasteiger partial charge in [0.25, 0.3) is 11.6 Å². The summed E-state index contributed by atoms with van der Waals surface area (Å²) in [6.07, 6.45) is 0. The van der Waals surface area contributed by atoms with Crippen molar-refractivity contribution in [2.24, 2.45) is 5.41 Å². The van der Waals surface area contributed by atoms with Crippen molar-refractivity contribution in [1.82, 2.24) is 5.32 Å². The highest BCUT2D eigenvalue weighted by Gasteiger charge is 2.34. The van der Waals surface area contributed by atoms with Crippen LogP contribution in [0.1, 0.15) is 17.3 Å². The zero-order chi connectivity index (χ0) is 14.0. The lowest BCUT2D eigenvalue weighted by atomic mass is 9.88. The lowest BCUT2D eigenvalue weighted by Crippen LogP contribution is -2.48. The molecule has 1 heterocycles. The zero-order valence-corrected chi connectivity index (χ0v) is 11.1. The number of hydrogen-bond donors (Lipinski definition) is 1. The molecule has 19 heavy (non-hydrogen) atoms. The number of nitrogens with one attached hydrogen (secondary N) is 1. The Morgan fingerprint density at radius 1 is 1.58 bits per heavy atom. The minimum atomic E-state index is -0.611. The number of benzene rings is 1. The van der Waals surface area contributed by atoms with Crippen molar-refractivity contribution in [3.8, 4) is 0 Å². The topological polar surface area (TPSA) is 81.5 Å². The van der Waals surface area contributed by atoms with Crippen LogP contribution in [0.5, 0.6) is 0 Å². The van der Waals surface area contributed by atoms with Crippen LogP contribution >= 0.6 is 11.6 Å². The second kappa shape index (κ2) is 5.14. The van der Waals surface area contributed by atoms with E-state index in [0.29, 0.717) is 19.8 Å². The smallest absolute Gasteiger partial charge is 0.288 e. The molecule has 0 unspecified atom stereocenters. The molecular formula is C12H13ClN2O4. The largest absolute Gasteiger partial charge is 0.380 e. The van der Waals surface area contributed by atoms with E-state index in [2.05, 4.69) is 5.32 Å². The number of nitrogens with zero attached hydrogens (tertiary/aromatic N) is 1. The summed E-state index contributed by atoms with van der Waals surface area (Å²) >= 11 is 5.87. The summed E-state index contributed by atoms with van der Waals surface area (Å²) < 4.78 is 5.08. The third-order valence-electron chi connectivity index (χ3n) is 3.00. The van der Waals surface area contributed by atoms with Gasteiger partial charge < -0.3 is 10.1 Å². The molecule has 1 saturated heterocycles. The fourth-order valence-corrected chi connectivity index (χ4v) is 2.06. The summed E-state index contributed by atoms with van der Waals surface area (Å²) in [7, 11) is 0. The number of amides is 1. The zero-order valence-electron chi connectivity index (χ0n) is 10.3. The van der Waals surface area contributed by atoms with Crippen LogP contribution in [0.15, 0.2) is 18.2 Å². The predicted molar refractivity (Wildman–Crippen MR) is 69.4 cm³/mol. The molecule has 0 spiro atoms. The molecule has 0 bridgehead atoms. The second-order valence-electron chi connectivity index (χ2n) is 4.88. The van der Waals surface area contributed by atoms with Gasteiger partial charge in [-0.05, 0) is 6.07 Å². The molecular weight excluding hydrogens is 272 g/mol. The first-order valence-corrected chi connectivity index (χ1v) is 6.10. The number of halogens is 1. The Morgan fingerprint density at radius 3 is 2.79 bits per heavy atom. The predicted octanol–water partition coefficient (Wildman–Crippen LogP) is 2.01. The van der Waals surface area contributed by atoms with E-state index in [0.717, 1.165) is 0 Å². The molecule has 6 nitrogen and oxygen atoms in total. The Bertz CT molecular complexity index is 528. The molecule has 0 aromatic heterocycles. The van der Waals surface area contributed by atoms with E-state index in [-0.39, 0.29) is 21.7 Å². The molecule has 102 valence electrons. The summed E-state index contributed by atoms with van der Waals surface area (Å²) in [5, 5.41) is 13.3. The van der Waals surface area contributed by atoms with Crippen molar-refractivity contribution in [3.05, 3.63) is 38.9 Å². The van der Waals surface area contributed by atoms with Crippen LogP contribution < -0.4 is 5.32 Å². The van der Waals surface area contributed by atoms with Crippen molar-refractivity contribution >= 4 is 23.2 Å². The van der Waals surface area contributed by atoms with E-state index >= 15 is 0 Å². The highest BCUT2D eigenvalue weighted by Crippen LogP contribution is 2.28. The van der Waals surface area contributed by atoms with E-state index in [1.54, 1.807) is 0 Å². The molecule has 0 aliphatic carbocycles. The third-order valence-corrected chi connectivity index (χ3v) is 3.39. The van der Waals surface area contributed by atoms with Gasteiger partial charge in [-0.25, -0.2) is 0 Å². The molecule has 0 saturated carbocycles. The third kappa shape index (κ3) is 2.85. The molecule has 1 amide bonds. The first kappa shape index (κ1) is 13.8. The number of carbonyl (C=O) groups excluding carboxylic acids is 1. The molecule has 1 aromatic rings. The van der Waals surface area contributed by atoms with Crippen LogP contribution in [-0.4, -0.2) is 30.6 Å². The normalized spacial score (nSPS) is 16.5. The summed E-state index contributed by atoms with van der Waals surface area (Å²) in [5.74, 6) is -0.415. The van der Waals surface area contributed by atoms with E-state index in [1.807, 2.05) is 6.92 Å². The first-order chi connectivity index (χ1) is 8.93. The minimum absolute atomic E-state index is 0.0666. The Balaban J connectivity index is 2.10. The number of nitro groups is 1. The quantitative estimate of drug-likeness (QED) is 0.677. The molecule has 0 radical (unpaired) electrons. The van der Waals surface area contributed by atoms with Gasteiger partial charge in [0.2, 0.25) is 0 Å². The molecule has 1 aliphatic heterocycles. The first-order valence-electron chi connectivity index (χ1n) is 5.72. The molecule has 1 aliphatic rings. The Kier molecular flexibility index (Phi) is 3.73. The van der Waals surface area contributed by atoms with Gasteiger partial charge in [-0.15, -0.1) is 0 Å². The highest BCUT2D eigenvalue weighted by molar-refractivity contribution is 6.35. The van der Waals surface area contributed by atoms with Gasteiger partial charge in [0.05, 0.1) is 23.7 Å². The van der Waals surface area contributed by atoms with Crippen LogP contribution in [-0.2, 0) is 4.74 Å². The molecule has 1 N–H and O–H groups in total. The summed E-state index contributed by atoms with van der Waals surface area (Å²) in [6.45, 7) is 3.63. The van der Waals surface area contributed by atoms with Crippen LogP contribution in [0, 0.1) is 15.5 Å². The van der Waals surface area contributed by atoms with Gasteiger partial charge in [-0.1, -0.05) is 24.6 Å². The SMILES string of the molecule is CC1(CNC(=O)c2cccc([N+](=O)[O-])c2Cl)COC1. The van der Waals surface area contributed by atoms with Crippen molar-refractivity contribution in [3.63, 3.8) is 0 Å². The number of ether oxygens (including phenoxy) is 1. The molecule has 0 atom stereocenters. The molecule has 2 rings (SSSR count). The number of carbonyl (C=O) groups is 1. The average molecular weight is 285 g/mol. The van der Waals surface area contributed by atoms with Gasteiger partial charge in [-0.3, -0.25) is 14.9 Å². The maximum atomic E-state index is 12.0. The monoisotopic (exact) mass is 284 g/mol. The van der Waals surface area contributed by atoms with Gasteiger partial charge in [0.15, 0.2) is 0 Å². The van der Waals surface area contributed by atoms with Crippen LogP contribution in [0.3, 0.4) is 0 Å². The van der Waals surface area contributed by atoms with Crippen LogP contribution in [0.4, 0.5) is 5.69 Å². The Morgan fingerprint density at radius 2 is 2.26 bits per heavy atom. The van der Waals surface area contributed by atoms with Gasteiger partial charge in [0, 0.05) is 18.0 Å². The van der Waals surface area contributed by atoms with Crippen LogP contribution in [0.2, 0.25) is 5.02 Å². The average Bonchev–Trinajstić information content (AvgIpc) is 2.33. The van der Waals surface area contributed by atoms with Crippen LogP contribution in [0.25, 0.3) is 0 Å². The summed E-state index contributed by atoms with van der Waals surface area (Å²) in [6, 6.07) is 4.16. The lowest BCUT2D eigenvalue weighted by molar-refractivity contribution is -0.384. The van der Waals surface area contributed by atoms with Gasteiger partial charge in [-0.2, -0.15) is 0 Å². The van der Waals surface area contributed by atoms with E-state index in [1.165, 1.54) is 18.2 Å². The van der Waals surface area contributed by atoms with Crippen molar-refractivity contribution in [2.75, 3.05) is 19.8 Å². The van der Waals surface area contributed by atoms with Gasteiger partial charge >= 0.3 is 0 Å². The van der Waals surface area contributed by atoms with E-state index in [9.17, 15) is 14.9 Å².